The van der Waals surface area contributed by atoms with Gasteiger partial charge in [-0.2, -0.15) is 0 Å². The molecule has 1 aliphatic heterocycles. The molecule has 0 radical (unpaired) electrons. The van der Waals surface area contributed by atoms with E-state index in [2.05, 4.69) is 17.1 Å². The first-order valence-electron chi connectivity index (χ1n) is 8.30. The number of aliphatic hydroxyl groups is 1. The second kappa shape index (κ2) is 7.72. The van der Waals surface area contributed by atoms with Crippen LogP contribution in [0.15, 0.2) is 60.2 Å². The van der Waals surface area contributed by atoms with Crippen LogP contribution in [-0.2, 0) is 15.1 Å². The lowest BCUT2D eigenvalue weighted by Gasteiger charge is -2.26. The van der Waals surface area contributed by atoms with E-state index < -0.39 is 11.6 Å². The van der Waals surface area contributed by atoms with Crippen molar-refractivity contribution >= 4 is 17.3 Å². The van der Waals surface area contributed by atoms with Crippen molar-refractivity contribution < 1.29 is 14.6 Å². The van der Waals surface area contributed by atoms with Gasteiger partial charge in [-0.1, -0.05) is 36.4 Å². The fourth-order valence-electron chi connectivity index (χ4n) is 2.81. The Balaban J connectivity index is 1.65. The molecule has 6 heteroatoms. The minimum absolute atomic E-state index is 0.253. The monoisotopic (exact) mass is 358 g/mol. The molecular weight excluding hydrogens is 336 g/mol. The van der Waals surface area contributed by atoms with Crippen molar-refractivity contribution in [2.75, 3.05) is 13.2 Å². The van der Waals surface area contributed by atoms with E-state index in [0.717, 1.165) is 6.54 Å². The number of ether oxygens (including phenoxy) is 1. The minimum Gasteiger partial charge on any atom is -0.463 e. The molecular formula is C19H22N2O3S. The van der Waals surface area contributed by atoms with Gasteiger partial charge in [0.1, 0.15) is 0 Å². The highest BCUT2D eigenvalue weighted by molar-refractivity contribution is 7.10. The van der Waals surface area contributed by atoms with E-state index in [-0.39, 0.29) is 12.8 Å². The number of carbonyl (C=O) groups is 1. The lowest BCUT2D eigenvalue weighted by molar-refractivity contribution is -0.162. The summed E-state index contributed by atoms with van der Waals surface area (Å²) in [6.45, 7) is 3.11. The molecule has 2 aromatic rings. The third kappa shape index (κ3) is 3.70. The molecule has 3 rings (SSSR count). The molecule has 0 saturated heterocycles. The van der Waals surface area contributed by atoms with Gasteiger partial charge in [0.2, 0.25) is 5.60 Å². The van der Waals surface area contributed by atoms with E-state index in [0.29, 0.717) is 16.9 Å². The van der Waals surface area contributed by atoms with Gasteiger partial charge in [0.15, 0.2) is 0 Å². The summed E-state index contributed by atoms with van der Waals surface area (Å²) < 4.78 is 5.43. The largest absolute Gasteiger partial charge is 0.463 e. The number of nitrogens with one attached hydrogen (secondary N) is 1. The normalized spacial score (nSPS) is 18.6. The maximum atomic E-state index is 12.7. The predicted octanol–water partition coefficient (Wildman–Crippen LogP) is 2.64. The first kappa shape index (κ1) is 17.5. The van der Waals surface area contributed by atoms with Crippen LogP contribution in [0.4, 0.5) is 0 Å². The Morgan fingerprint density at radius 1 is 1.32 bits per heavy atom. The van der Waals surface area contributed by atoms with Crippen LogP contribution in [0.25, 0.3) is 0 Å². The molecule has 0 aliphatic carbocycles. The first-order chi connectivity index (χ1) is 12.1. The van der Waals surface area contributed by atoms with Gasteiger partial charge in [-0.05, 0) is 24.8 Å². The predicted molar refractivity (Wildman–Crippen MR) is 97.8 cm³/mol. The van der Waals surface area contributed by atoms with E-state index in [1.54, 1.807) is 30.3 Å². The number of esters is 1. The average molecular weight is 358 g/mol. The Morgan fingerprint density at radius 2 is 2.12 bits per heavy atom. The fraction of sp³-hybridized carbons (Fsp3) is 0.316. The molecule has 25 heavy (non-hydrogen) atoms. The number of hydrogen-bond acceptors (Lipinski definition) is 6. The van der Waals surface area contributed by atoms with Crippen molar-refractivity contribution in [1.82, 2.24) is 10.2 Å². The maximum Gasteiger partial charge on any atom is 0.348 e. The summed E-state index contributed by atoms with van der Waals surface area (Å²) >= 11 is 1.34. The van der Waals surface area contributed by atoms with E-state index in [1.807, 2.05) is 29.9 Å². The Kier molecular flexibility index (Phi) is 5.40. The van der Waals surface area contributed by atoms with Gasteiger partial charge in [-0.15, -0.1) is 11.3 Å². The molecule has 0 amide bonds. The van der Waals surface area contributed by atoms with Gasteiger partial charge in [-0.25, -0.2) is 4.79 Å². The second-order valence-corrected chi connectivity index (χ2v) is 6.89. The number of nitrogens with zero attached hydrogens (tertiary/aromatic N) is 1. The fourth-order valence-corrected chi connectivity index (χ4v) is 3.64. The second-order valence-electron chi connectivity index (χ2n) is 5.94. The van der Waals surface area contributed by atoms with Crippen LogP contribution in [0.3, 0.4) is 0 Å². The standard InChI is InChI=1S/C19H22N2O3S/c1-15-20-10-12-21(15)11-6-13-24-18(22)19(23,17-9-5-14-25-17)16-7-3-2-4-8-16/h2-5,7-10,12,14-15,20,23H,6,11,13H2,1H3. The highest BCUT2D eigenvalue weighted by Gasteiger charge is 2.42. The Hall–Kier alpha value is -2.31. The van der Waals surface area contributed by atoms with Gasteiger partial charge in [-0.3, -0.25) is 0 Å². The lowest BCUT2D eigenvalue weighted by atomic mass is 9.92. The molecule has 0 spiro atoms. The van der Waals surface area contributed by atoms with Gasteiger partial charge in [0.25, 0.3) is 0 Å². The minimum atomic E-state index is -1.77. The zero-order valence-corrected chi connectivity index (χ0v) is 14.9. The van der Waals surface area contributed by atoms with Gasteiger partial charge in [0, 0.05) is 24.5 Å². The quantitative estimate of drug-likeness (QED) is 0.589. The molecule has 0 bridgehead atoms. The van der Waals surface area contributed by atoms with Crippen LogP contribution in [-0.4, -0.2) is 35.3 Å². The lowest BCUT2D eigenvalue weighted by Crippen LogP contribution is -2.38. The highest BCUT2D eigenvalue weighted by Crippen LogP contribution is 2.34. The zero-order valence-electron chi connectivity index (χ0n) is 14.1. The maximum absolute atomic E-state index is 12.7. The molecule has 0 saturated carbocycles. The SMILES string of the molecule is CC1NC=CN1CCCOC(=O)C(O)(c1ccccc1)c1cccs1. The molecule has 2 atom stereocenters. The van der Waals surface area contributed by atoms with Crippen molar-refractivity contribution in [2.45, 2.75) is 25.1 Å². The molecule has 5 nitrogen and oxygen atoms in total. The molecule has 1 aromatic heterocycles. The van der Waals surface area contributed by atoms with Crippen LogP contribution in [0, 0.1) is 0 Å². The van der Waals surface area contributed by atoms with E-state index >= 15 is 0 Å². The molecule has 1 aliphatic rings. The third-order valence-electron chi connectivity index (χ3n) is 4.26. The summed E-state index contributed by atoms with van der Waals surface area (Å²) in [5.74, 6) is -0.635. The van der Waals surface area contributed by atoms with Crippen LogP contribution >= 0.6 is 11.3 Å². The van der Waals surface area contributed by atoms with Crippen molar-refractivity contribution in [3.8, 4) is 0 Å². The number of thiophene rings is 1. The van der Waals surface area contributed by atoms with Crippen LogP contribution in [0.5, 0.6) is 0 Å². The average Bonchev–Trinajstić information content (AvgIpc) is 3.31. The molecule has 2 unspecified atom stereocenters. The summed E-state index contributed by atoms with van der Waals surface area (Å²) in [5.41, 5.74) is -1.25. The summed E-state index contributed by atoms with van der Waals surface area (Å²) in [6, 6.07) is 12.5. The smallest absolute Gasteiger partial charge is 0.348 e. The van der Waals surface area contributed by atoms with E-state index in [9.17, 15) is 9.90 Å². The molecule has 2 heterocycles. The van der Waals surface area contributed by atoms with Gasteiger partial charge in [0.05, 0.1) is 17.6 Å². The van der Waals surface area contributed by atoms with E-state index in [1.165, 1.54) is 11.3 Å². The van der Waals surface area contributed by atoms with E-state index in [4.69, 9.17) is 4.74 Å². The number of hydrogen-bond donors (Lipinski definition) is 2. The first-order valence-corrected chi connectivity index (χ1v) is 9.18. The topological polar surface area (TPSA) is 61.8 Å². The zero-order chi connectivity index (χ0) is 17.7. The third-order valence-corrected chi connectivity index (χ3v) is 5.24. The van der Waals surface area contributed by atoms with Crippen LogP contribution in [0.2, 0.25) is 0 Å². The Labute approximate surface area is 151 Å². The molecule has 0 fully saturated rings. The summed E-state index contributed by atoms with van der Waals surface area (Å²) in [5, 5.41) is 16.2. The van der Waals surface area contributed by atoms with Crippen LogP contribution < -0.4 is 5.32 Å². The van der Waals surface area contributed by atoms with Crippen molar-refractivity contribution in [3.05, 3.63) is 70.7 Å². The van der Waals surface area contributed by atoms with Crippen LogP contribution in [0.1, 0.15) is 23.8 Å². The summed E-state index contributed by atoms with van der Waals surface area (Å²) in [7, 11) is 0. The number of benzene rings is 1. The van der Waals surface area contributed by atoms with Crippen molar-refractivity contribution in [2.24, 2.45) is 0 Å². The Bertz CT molecular complexity index is 718. The summed E-state index contributed by atoms with van der Waals surface area (Å²) in [6.07, 6.45) is 4.83. The molecule has 132 valence electrons. The number of carbonyl (C=O) groups excluding carboxylic acids is 1. The summed E-state index contributed by atoms with van der Waals surface area (Å²) in [4.78, 5) is 15.4. The molecule has 1 aromatic carbocycles. The van der Waals surface area contributed by atoms with Crippen molar-refractivity contribution in [3.63, 3.8) is 0 Å². The van der Waals surface area contributed by atoms with Crippen molar-refractivity contribution in [1.29, 1.82) is 0 Å². The van der Waals surface area contributed by atoms with Gasteiger partial charge >= 0.3 is 5.97 Å². The van der Waals surface area contributed by atoms with Gasteiger partial charge < -0.3 is 20.1 Å². The number of rotatable bonds is 7. The Morgan fingerprint density at radius 3 is 2.76 bits per heavy atom. The molecule has 2 N–H and O–H groups in total. The highest BCUT2D eigenvalue weighted by atomic mass is 32.1.